The average molecular weight is 204 g/mol. The van der Waals surface area contributed by atoms with E-state index in [1.807, 2.05) is 0 Å². The molecule has 6 heteroatoms. The number of nitro groups is 1. The van der Waals surface area contributed by atoms with Crippen molar-refractivity contribution in [1.82, 2.24) is 10.2 Å². The van der Waals surface area contributed by atoms with Gasteiger partial charge in [0.15, 0.2) is 5.82 Å². The van der Waals surface area contributed by atoms with Gasteiger partial charge in [0.25, 0.3) is 5.69 Å². The van der Waals surface area contributed by atoms with E-state index < -0.39 is 4.92 Å². The number of benzene rings is 1. The van der Waals surface area contributed by atoms with Crippen LogP contribution in [0.3, 0.4) is 0 Å². The van der Waals surface area contributed by atoms with Crippen molar-refractivity contribution in [1.29, 1.82) is 0 Å². The maximum atomic E-state index is 10.6. The maximum absolute atomic E-state index is 10.6. The van der Waals surface area contributed by atoms with Gasteiger partial charge in [-0.2, -0.15) is 5.10 Å². The number of nitro benzene ring substituents is 1. The molecule has 0 saturated carbocycles. The molecule has 2 rings (SSSR count). The number of aryl methyl sites for hydroxylation is 1. The summed E-state index contributed by atoms with van der Waals surface area (Å²) in [6.45, 7) is 1.78. The molecule has 0 spiro atoms. The quantitative estimate of drug-likeness (QED) is 0.560. The van der Waals surface area contributed by atoms with E-state index in [1.54, 1.807) is 13.0 Å². The first kappa shape index (κ1) is 9.32. The van der Waals surface area contributed by atoms with Crippen LogP contribution in [0.1, 0.15) is 5.69 Å². The number of anilines is 1. The summed E-state index contributed by atoms with van der Waals surface area (Å²) in [5.74, 6) is 0.208. The predicted octanol–water partition coefficient (Wildman–Crippen LogP) is 1.43. The van der Waals surface area contributed by atoms with Crippen molar-refractivity contribution in [2.75, 3.05) is 5.73 Å². The van der Waals surface area contributed by atoms with Crippen molar-refractivity contribution in [3.8, 4) is 0 Å². The topological polar surface area (TPSA) is 94.9 Å². The molecule has 0 aliphatic heterocycles. The Balaban J connectivity index is 2.81. The summed E-state index contributed by atoms with van der Waals surface area (Å²) in [4.78, 5) is 10.1. The molecule has 0 radical (unpaired) electrons. The highest BCUT2D eigenvalue weighted by molar-refractivity contribution is 5.93. The van der Waals surface area contributed by atoms with Gasteiger partial charge in [0.1, 0.15) is 0 Å². The Kier molecular flexibility index (Phi) is 1.96. The summed E-state index contributed by atoms with van der Waals surface area (Å²) >= 11 is 0. The molecule has 1 aromatic heterocycles. The standard InChI is InChI=1S/C9H8N4O2/c1-5-7-3-2-6(13(14)15)4-8(7)9(10)12-11-5/h2-4H,1H3,(H2,10,12). The molecule has 1 heterocycles. The molecule has 76 valence electrons. The molecule has 0 bridgehead atoms. The highest BCUT2D eigenvalue weighted by Gasteiger charge is 2.10. The molecule has 0 aliphatic carbocycles. The monoisotopic (exact) mass is 204 g/mol. The third-order valence-corrected chi connectivity index (χ3v) is 2.19. The molecule has 6 nitrogen and oxygen atoms in total. The van der Waals surface area contributed by atoms with Gasteiger partial charge >= 0.3 is 0 Å². The van der Waals surface area contributed by atoms with Crippen molar-refractivity contribution < 1.29 is 4.92 Å². The number of fused-ring (bicyclic) bond motifs is 1. The van der Waals surface area contributed by atoms with Crippen LogP contribution in [-0.2, 0) is 0 Å². The van der Waals surface area contributed by atoms with Gasteiger partial charge in [-0.05, 0) is 13.0 Å². The molecular formula is C9H8N4O2. The highest BCUT2D eigenvalue weighted by atomic mass is 16.6. The Morgan fingerprint density at radius 2 is 2.07 bits per heavy atom. The van der Waals surface area contributed by atoms with Gasteiger partial charge < -0.3 is 5.73 Å². The van der Waals surface area contributed by atoms with E-state index in [-0.39, 0.29) is 11.5 Å². The van der Waals surface area contributed by atoms with Crippen LogP contribution < -0.4 is 5.73 Å². The fourth-order valence-corrected chi connectivity index (χ4v) is 1.41. The zero-order chi connectivity index (χ0) is 11.0. The molecule has 0 aliphatic rings. The third-order valence-electron chi connectivity index (χ3n) is 2.19. The van der Waals surface area contributed by atoms with Crippen LogP contribution >= 0.6 is 0 Å². The number of rotatable bonds is 1. The van der Waals surface area contributed by atoms with Crippen LogP contribution in [0.25, 0.3) is 10.8 Å². The lowest BCUT2D eigenvalue weighted by Gasteiger charge is -2.02. The van der Waals surface area contributed by atoms with Gasteiger partial charge in [-0.3, -0.25) is 10.1 Å². The van der Waals surface area contributed by atoms with E-state index >= 15 is 0 Å². The average Bonchev–Trinajstić information content (AvgIpc) is 2.23. The van der Waals surface area contributed by atoms with E-state index in [0.29, 0.717) is 11.1 Å². The van der Waals surface area contributed by atoms with Crippen molar-refractivity contribution >= 4 is 22.3 Å². The maximum Gasteiger partial charge on any atom is 0.270 e. The second kappa shape index (κ2) is 3.16. The molecule has 0 atom stereocenters. The van der Waals surface area contributed by atoms with E-state index in [1.165, 1.54) is 12.1 Å². The van der Waals surface area contributed by atoms with E-state index in [2.05, 4.69) is 10.2 Å². The van der Waals surface area contributed by atoms with Gasteiger partial charge in [-0.15, -0.1) is 5.10 Å². The lowest BCUT2D eigenvalue weighted by Crippen LogP contribution is -1.98. The zero-order valence-electron chi connectivity index (χ0n) is 7.97. The summed E-state index contributed by atoms with van der Waals surface area (Å²) in [6, 6.07) is 4.47. The first-order valence-electron chi connectivity index (χ1n) is 4.26. The van der Waals surface area contributed by atoms with Gasteiger partial charge in [-0.1, -0.05) is 0 Å². The summed E-state index contributed by atoms with van der Waals surface area (Å²) in [6.07, 6.45) is 0. The fraction of sp³-hybridized carbons (Fsp3) is 0.111. The van der Waals surface area contributed by atoms with Crippen LogP contribution in [0.2, 0.25) is 0 Å². The Morgan fingerprint density at radius 3 is 2.73 bits per heavy atom. The van der Waals surface area contributed by atoms with Crippen LogP contribution in [0.15, 0.2) is 18.2 Å². The highest BCUT2D eigenvalue weighted by Crippen LogP contribution is 2.25. The van der Waals surface area contributed by atoms with Crippen molar-refractivity contribution in [3.63, 3.8) is 0 Å². The van der Waals surface area contributed by atoms with Gasteiger partial charge in [0, 0.05) is 22.9 Å². The molecule has 0 unspecified atom stereocenters. The molecule has 1 aromatic carbocycles. The van der Waals surface area contributed by atoms with Gasteiger partial charge in [-0.25, -0.2) is 0 Å². The number of nitrogen functional groups attached to an aromatic ring is 1. The lowest BCUT2D eigenvalue weighted by atomic mass is 10.1. The van der Waals surface area contributed by atoms with E-state index in [9.17, 15) is 10.1 Å². The summed E-state index contributed by atoms with van der Waals surface area (Å²) in [5.41, 5.74) is 6.30. The SMILES string of the molecule is Cc1nnc(N)c2cc([N+](=O)[O-])ccc12. The van der Waals surface area contributed by atoms with Crippen molar-refractivity contribution in [2.45, 2.75) is 6.92 Å². The van der Waals surface area contributed by atoms with Gasteiger partial charge in [0.2, 0.25) is 0 Å². The minimum absolute atomic E-state index is 0.00148. The molecule has 2 aromatic rings. The van der Waals surface area contributed by atoms with E-state index in [0.717, 1.165) is 5.39 Å². The van der Waals surface area contributed by atoms with Crippen LogP contribution in [0.4, 0.5) is 11.5 Å². The Bertz CT molecular complexity index is 553. The fourth-order valence-electron chi connectivity index (χ4n) is 1.41. The number of nitrogens with zero attached hydrogens (tertiary/aromatic N) is 3. The van der Waals surface area contributed by atoms with E-state index in [4.69, 9.17) is 5.73 Å². The summed E-state index contributed by atoms with van der Waals surface area (Å²) < 4.78 is 0. The molecule has 0 fully saturated rings. The normalized spacial score (nSPS) is 10.5. The lowest BCUT2D eigenvalue weighted by molar-refractivity contribution is -0.384. The zero-order valence-corrected chi connectivity index (χ0v) is 7.97. The number of nitrogens with two attached hydrogens (primary N) is 1. The van der Waals surface area contributed by atoms with Crippen molar-refractivity contribution in [3.05, 3.63) is 34.0 Å². The Labute approximate surface area is 84.9 Å². The third kappa shape index (κ3) is 1.45. The number of non-ortho nitro benzene ring substituents is 1. The first-order chi connectivity index (χ1) is 7.09. The largest absolute Gasteiger partial charge is 0.382 e. The van der Waals surface area contributed by atoms with Crippen LogP contribution in [-0.4, -0.2) is 15.1 Å². The van der Waals surface area contributed by atoms with Crippen LogP contribution in [0.5, 0.6) is 0 Å². The molecule has 0 amide bonds. The van der Waals surface area contributed by atoms with Gasteiger partial charge in [0.05, 0.1) is 10.6 Å². The number of hydrogen-bond acceptors (Lipinski definition) is 5. The van der Waals surface area contributed by atoms with Crippen molar-refractivity contribution in [2.24, 2.45) is 0 Å². The molecular weight excluding hydrogens is 196 g/mol. The molecule has 15 heavy (non-hydrogen) atoms. The summed E-state index contributed by atoms with van der Waals surface area (Å²) in [5, 5.41) is 19.5. The Hall–Kier alpha value is -2.24. The summed E-state index contributed by atoms with van der Waals surface area (Å²) in [7, 11) is 0. The second-order valence-electron chi connectivity index (χ2n) is 3.16. The minimum atomic E-state index is -0.464. The first-order valence-corrected chi connectivity index (χ1v) is 4.26. The number of hydrogen-bond donors (Lipinski definition) is 1. The Morgan fingerprint density at radius 1 is 1.33 bits per heavy atom. The molecule has 2 N–H and O–H groups in total. The minimum Gasteiger partial charge on any atom is -0.382 e. The molecule has 0 saturated heterocycles. The smallest absolute Gasteiger partial charge is 0.270 e. The predicted molar refractivity (Wildman–Crippen MR) is 55.3 cm³/mol. The second-order valence-corrected chi connectivity index (χ2v) is 3.16. The number of aromatic nitrogens is 2. The van der Waals surface area contributed by atoms with Crippen LogP contribution in [0, 0.1) is 17.0 Å².